The molecule has 3 rings (SSSR count). The van der Waals surface area contributed by atoms with Gasteiger partial charge in [0, 0.05) is 4.70 Å². The topological polar surface area (TPSA) is 50.1 Å². The van der Waals surface area contributed by atoms with Gasteiger partial charge in [0.25, 0.3) is 0 Å². The van der Waals surface area contributed by atoms with Gasteiger partial charge in [0.15, 0.2) is 0 Å². The summed E-state index contributed by atoms with van der Waals surface area (Å²) in [4.78, 5) is 12.2. The Morgan fingerprint density at radius 1 is 1.09 bits per heavy atom. The molecule has 0 bridgehead atoms. The van der Waals surface area contributed by atoms with Gasteiger partial charge in [-0.1, -0.05) is 30.4 Å². The van der Waals surface area contributed by atoms with Gasteiger partial charge < -0.3 is 4.74 Å². The standard InChI is InChI=1S/C19H13NO2S/c1-22-19(21)18-11-16-10-14(8-9-17(16)23-18)5-2-13-3-6-15(12-20)7-4-13/h2-11H,1H3/b5-2+. The van der Waals surface area contributed by atoms with Crippen LogP contribution in [0.1, 0.15) is 26.4 Å². The molecule has 0 radical (unpaired) electrons. The molecule has 0 aliphatic heterocycles. The number of carbonyl (C=O) groups excluding carboxylic acids is 1. The molecular weight excluding hydrogens is 306 g/mol. The van der Waals surface area contributed by atoms with Crippen molar-refractivity contribution in [3.8, 4) is 6.07 Å². The SMILES string of the molecule is COC(=O)c1cc2cc(/C=C/c3ccc(C#N)cc3)ccc2s1. The zero-order chi connectivity index (χ0) is 16.2. The summed E-state index contributed by atoms with van der Waals surface area (Å²) in [5.74, 6) is -0.305. The van der Waals surface area contributed by atoms with E-state index in [1.807, 2.05) is 48.6 Å². The first-order valence-corrected chi connectivity index (χ1v) is 7.81. The number of benzene rings is 2. The van der Waals surface area contributed by atoms with E-state index in [9.17, 15) is 4.79 Å². The van der Waals surface area contributed by atoms with Gasteiger partial charge in [0.05, 0.1) is 18.7 Å². The molecule has 0 aliphatic carbocycles. The first-order valence-electron chi connectivity index (χ1n) is 7.00. The van der Waals surface area contributed by atoms with Crippen molar-refractivity contribution in [2.24, 2.45) is 0 Å². The van der Waals surface area contributed by atoms with Gasteiger partial charge in [-0.3, -0.25) is 0 Å². The van der Waals surface area contributed by atoms with E-state index < -0.39 is 0 Å². The minimum atomic E-state index is -0.305. The Morgan fingerprint density at radius 3 is 2.48 bits per heavy atom. The fourth-order valence-corrected chi connectivity index (χ4v) is 3.19. The molecule has 3 nitrogen and oxygen atoms in total. The van der Waals surface area contributed by atoms with E-state index in [-0.39, 0.29) is 5.97 Å². The number of hydrogen-bond donors (Lipinski definition) is 0. The van der Waals surface area contributed by atoms with Crippen molar-refractivity contribution in [2.45, 2.75) is 0 Å². The highest BCUT2D eigenvalue weighted by molar-refractivity contribution is 7.20. The molecule has 1 heterocycles. The average molecular weight is 319 g/mol. The number of nitrogens with zero attached hydrogens (tertiary/aromatic N) is 1. The van der Waals surface area contributed by atoms with Crippen LogP contribution in [0, 0.1) is 11.3 Å². The quantitative estimate of drug-likeness (QED) is 0.518. The lowest BCUT2D eigenvalue weighted by molar-refractivity contribution is 0.0606. The second-order valence-electron chi connectivity index (χ2n) is 4.97. The van der Waals surface area contributed by atoms with Gasteiger partial charge in [-0.25, -0.2) is 4.79 Å². The Balaban J connectivity index is 1.86. The van der Waals surface area contributed by atoms with E-state index in [0.717, 1.165) is 21.2 Å². The van der Waals surface area contributed by atoms with Crippen molar-refractivity contribution >= 4 is 39.5 Å². The summed E-state index contributed by atoms with van der Waals surface area (Å²) < 4.78 is 5.81. The molecule has 0 unspecified atom stereocenters. The van der Waals surface area contributed by atoms with Gasteiger partial charge in [-0.2, -0.15) is 5.26 Å². The van der Waals surface area contributed by atoms with Crippen LogP contribution >= 0.6 is 11.3 Å². The Bertz CT molecular complexity index is 930. The maximum Gasteiger partial charge on any atom is 0.348 e. The number of thiophene rings is 1. The molecule has 2 aromatic carbocycles. The zero-order valence-corrected chi connectivity index (χ0v) is 13.3. The van der Waals surface area contributed by atoms with E-state index in [2.05, 4.69) is 6.07 Å². The molecule has 4 heteroatoms. The summed E-state index contributed by atoms with van der Waals surface area (Å²) in [5, 5.41) is 9.82. The molecule has 0 atom stereocenters. The number of nitriles is 1. The highest BCUT2D eigenvalue weighted by atomic mass is 32.1. The van der Waals surface area contributed by atoms with E-state index in [1.165, 1.54) is 18.4 Å². The predicted molar refractivity (Wildman–Crippen MR) is 93.2 cm³/mol. The van der Waals surface area contributed by atoms with Crippen molar-refractivity contribution in [3.63, 3.8) is 0 Å². The molecule has 0 saturated heterocycles. The lowest BCUT2D eigenvalue weighted by Crippen LogP contribution is -1.96. The van der Waals surface area contributed by atoms with Crippen LogP contribution < -0.4 is 0 Å². The van der Waals surface area contributed by atoms with Crippen LogP contribution in [0.25, 0.3) is 22.2 Å². The molecule has 112 valence electrons. The highest BCUT2D eigenvalue weighted by Crippen LogP contribution is 2.27. The van der Waals surface area contributed by atoms with Crippen LogP contribution in [-0.4, -0.2) is 13.1 Å². The van der Waals surface area contributed by atoms with Crippen LogP contribution in [0.2, 0.25) is 0 Å². The molecule has 0 saturated carbocycles. The minimum Gasteiger partial charge on any atom is -0.465 e. The largest absolute Gasteiger partial charge is 0.465 e. The fourth-order valence-electron chi connectivity index (χ4n) is 2.23. The minimum absolute atomic E-state index is 0.305. The van der Waals surface area contributed by atoms with Crippen molar-refractivity contribution in [1.82, 2.24) is 0 Å². The van der Waals surface area contributed by atoms with Crippen LogP contribution in [0.5, 0.6) is 0 Å². The van der Waals surface area contributed by atoms with Crippen molar-refractivity contribution in [2.75, 3.05) is 7.11 Å². The Morgan fingerprint density at radius 2 is 1.78 bits per heavy atom. The smallest absolute Gasteiger partial charge is 0.348 e. The summed E-state index contributed by atoms with van der Waals surface area (Å²) in [7, 11) is 1.39. The van der Waals surface area contributed by atoms with Gasteiger partial charge in [0.2, 0.25) is 0 Å². The van der Waals surface area contributed by atoms with Gasteiger partial charge in [0.1, 0.15) is 4.88 Å². The zero-order valence-electron chi connectivity index (χ0n) is 12.4. The summed E-state index contributed by atoms with van der Waals surface area (Å²) in [6.45, 7) is 0. The summed E-state index contributed by atoms with van der Waals surface area (Å²) in [5.41, 5.74) is 2.73. The van der Waals surface area contributed by atoms with Crippen LogP contribution in [0.3, 0.4) is 0 Å². The van der Waals surface area contributed by atoms with Crippen molar-refractivity contribution in [3.05, 3.63) is 70.1 Å². The maximum absolute atomic E-state index is 11.6. The first kappa shape index (κ1) is 15.0. The highest BCUT2D eigenvalue weighted by Gasteiger charge is 2.09. The maximum atomic E-state index is 11.6. The molecule has 0 amide bonds. The second kappa shape index (κ2) is 6.47. The summed E-state index contributed by atoms with van der Waals surface area (Å²) in [6.07, 6.45) is 4.01. The molecule has 0 fully saturated rings. The van der Waals surface area contributed by atoms with Gasteiger partial charge in [-0.05, 0) is 46.8 Å². The van der Waals surface area contributed by atoms with Gasteiger partial charge >= 0.3 is 5.97 Å². The third kappa shape index (κ3) is 3.31. The predicted octanol–water partition coefficient (Wildman–Crippen LogP) is 4.73. The molecule has 1 aromatic heterocycles. The van der Waals surface area contributed by atoms with E-state index >= 15 is 0 Å². The lowest BCUT2D eigenvalue weighted by atomic mass is 10.1. The number of methoxy groups -OCH3 is 1. The van der Waals surface area contributed by atoms with Crippen LogP contribution in [0.4, 0.5) is 0 Å². The summed E-state index contributed by atoms with van der Waals surface area (Å²) >= 11 is 1.43. The normalized spacial score (nSPS) is 10.8. The first-order chi connectivity index (χ1) is 11.2. The van der Waals surface area contributed by atoms with Crippen molar-refractivity contribution < 1.29 is 9.53 Å². The van der Waals surface area contributed by atoms with Crippen LogP contribution in [-0.2, 0) is 4.74 Å². The second-order valence-corrected chi connectivity index (χ2v) is 6.05. The number of esters is 1. The Labute approximate surface area is 138 Å². The van der Waals surface area contributed by atoms with E-state index in [0.29, 0.717) is 10.4 Å². The number of fused-ring (bicyclic) bond motifs is 1. The third-order valence-corrected chi connectivity index (χ3v) is 4.53. The number of carbonyl (C=O) groups is 1. The van der Waals surface area contributed by atoms with Crippen molar-refractivity contribution in [1.29, 1.82) is 5.26 Å². The average Bonchev–Trinajstić information content (AvgIpc) is 3.03. The van der Waals surface area contributed by atoms with Gasteiger partial charge in [-0.15, -0.1) is 11.3 Å². The Hall–Kier alpha value is -2.90. The lowest BCUT2D eigenvalue weighted by Gasteiger charge is -1.96. The number of ether oxygens (including phenoxy) is 1. The Kier molecular flexibility index (Phi) is 4.22. The monoisotopic (exact) mass is 319 g/mol. The number of rotatable bonds is 3. The molecular formula is C19H13NO2S. The molecule has 23 heavy (non-hydrogen) atoms. The summed E-state index contributed by atoms with van der Waals surface area (Å²) in [6, 6.07) is 17.4. The molecule has 0 aliphatic rings. The third-order valence-electron chi connectivity index (χ3n) is 3.43. The molecule has 3 aromatic rings. The molecule has 0 spiro atoms. The van der Waals surface area contributed by atoms with Crippen LogP contribution in [0.15, 0.2) is 48.5 Å². The molecule has 0 N–H and O–H groups in total. The van der Waals surface area contributed by atoms with E-state index in [1.54, 1.807) is 12.1 Å². The van der Waals surface area contributed by atoms with E-state index in [4.69, 9.17) is 10.00 Å². The number of hydrogen-bond acceptors (Lipinski definition) is 4. The fraction of sp³-hybridized carbons (Fsp3) is 0.0526.